The maximum Gasteiger partial charge on any atom is 0.119 e. The van der Waals surface area contributed by atoms with Crippen molar-refractivity contribution < 1.29 is 4.74 Å². The zero-order valence-electron chi connectivity index (χ0n) is 20.3. The number of anilines is 1. The van der Waals surface area contributed by atoms with Gasteiger partial charge >= 0.3 is 0 Å². The fourth-order valence-electron chi connectivity index (χ4n) is 4.52. The van der Waals surface area contributed by atoms with Crippen molar-refractivity contribution in [2.45, 2.75) is 45.9 Å². The lowest BCUT2D eigenvalue weighted by Gasteiger charge is -2.40. The van der Waals surface area contributed by atoms with Gasteiger partial charge in [0.25, 0.3) is 0 Å². The Morgan fingerprint density at radius 1 is 1.00 bits per heavy atom. The van der Waals surface area contributed by atoms with E-state index in [1.807, 2.05) is 30.3 Å². The molecule has 4 heteroatoms. The molecule has 1 heterocycles. The van der Waals surface area contributed by atoms with Crippen molar-refractivity contribution in [2.75, 3.05) is 24.5 Å². The van der Waals surface area contributed by atoms with E-state index < -0.39 is 0 Å². The molecule has 0 amide bonds. The van der Waals surface area contributed by atoms with Gasteiger partial charge in [-0.25, -0.2) is 0 Å². The smallest absolute Gasteiger partial charge is 0.119 e. The average molecular weight is 475 g/mol. The summed E-state index contributed by atoms with van der Waals surface area (Å²) in [5.74, 6) is 0.902. The first kappa shape index (κ1) is 24.4. The first-order valence-electron chi connectivity index (χ1n) is 12.2. The molecule has 34 heavy (non-hydrogen) atoms. The number of likely N-dealkylation sites (tertiary alicyclic amines) is 1. The molecule has 0 aromatic heterocycles. The van der Waals surface area contributed by atoms with Gasteiger partial charge in [0, 0.05) is 36.4 Å². The molecule has 1 aliphatic heterocycles. The molecule has 1 unspecified atom stereocenters. The molecule has 3 aromatic rings. The molecule has 0 spiro atoms. The highest BCUT2D eigenvalue weighted by Crippen LogP contribution is 2.27. The van der Waals surface area contributed by atoms with Crippen LogP contribution in [0.2, 0.25) is 5.02 Å². The highest BCUT2D eigenvalue weighted by Gasteiger charge is 2.25. The number of ether oxygens (including phenoxy) is 1. The summed E-state index contributed by atoms with van der Waals surface area (Å²) in [5, 5.41) is 0.858. The minimum absolute atomic E-state index is 0.461. The number of rotatable bonds is 9. The van der Waals surface area contributed by atoms with Crippen LogP contribution >= 0.6 is 11.6 Å². The SMILES string of the molecule is CC(C)=CCN(c1ccc(OCc2ccccc2)cc1)C1CCCN(Cc2ccccc2Cl)C1. The Morgan fingerprint density at radius 2 is 1.74 bits per heavy atom. The second-order valence-corrected chi connectivity index (χ2v) is 9.73. The third kappa shape index (κ3) is 6.88. The molecule has 1 atom stereocenters. The van der Waals surface area contributed by atoms with Crippen molar-refractivity contribution in [3.63, 3.8) is 0 Å². The molecule has 4 rings (SSSR count). The monoisotopic (exact) mass is 474 g/mol. The topological polar surface area (TPSA) is 15.7 Å². The lowest BCUT2D eigenvalue weighted by Crippen LogP contribution is -2.48. The first-order valence-corrected chi connectivity index (χ1v) is 12.6. The molecule has 0 N–H and O–H groups in total. The lowest BCUT2D eigenvalue weighted by atomic mass is 10.0. The van der Waals surface area contributed by atoms with Crippen LogP contribution in [0.25, 0.3) is 0 Å². The molecular formula is C30H35ClN2O. The molecular weight excluding hydrogens is 440 g/mol. The minimum Gasteiger partial charge on any atom is -0.489 e. The summed E-state index contributed by atoms with van der Waals surface area (Å²) >= 11 is 6.45. The van der Waals surface area contributed by atoms with Crippen LogP contribution < -0.4 is 9.64 Å². The molecule has 1 aliphatic rings. The predicted molar refractivity (Wildman–Crippen MR) is 144 cm³/mol. The predicted octanol–water partition coefficient (Wildman–Crippen LogP) is 7.36. The van der Waals surface area contributed by atoms with E-state index in [1.54, 1.807) is 0 Å². The van der Waals surface area contributed by atoms with E-state index in [2.05, 4.69) is 78.3 Å². The number of benzene rings is 3. The van der Waals surface area contributed by atoms with Gasteiger partial charge in [-0.05, 0) is 74.7 Å². The number of hydrogen-bond donors (Lipinski definition) is 0. The van der Waals surface area contributed by atoms with Gasteiger partial charge in [-0.3, -0.25) is 4.90 Å². The third-order valence-corrected chi connectivity index (χ3v) is 6.75. The maximum absolute atomic E-state index is 6.45. The highest BCUT2D eigenvalue weighted by molar-refractivity contribution is 6.31. The fraction of sp³-hybridized carbons (Fsp3) is 0.333. The zero-order valence-corrected chi connectivity index (χ0v) is 21.0. The van der Waals surface area contributed by atoms with E-state index in [-0.39, 0.29) is 0 Å². The summed E-state index contributed by atoms with van der Waals surface area (Å²) in [6.07, 6.45) is 4.72. The van der Waals surface area contributed by atoms with Crippen LogP contribution in [0.5, 0.6) is 5.75 Å². The fourth-order valence-corrected chi connectivity index (χ4v) is 4.71. The number of nitrogens with zero attached hydrogens (tertiary/aromatic N) is 2. The highest BCUT2D eigenvalue weighted by atomic mass is 35.5. The summed E-state index contributed by atoms with van der Waals surface area (Å²) in [6, 6.07) is 27.5. The molecule has 3 aromatic carbocycles. The Labute approximate surface area is 209 Å². The second-order valence-electron chi connectivity index (χ2n) is 9.32. The van der Waals surface area contributed by atoms with Gasteiger partial charge in [0.15, 0.2) is 0 Å². The Hall–Kier alpha value is -2.75. The molecule has 0 radical (unpaired) electrons. The summed E-state index contributed by atoms with van der Waals surface area (Å²) in [7, 11) is 0. The Morgan fingerprint density at radius 3 is 2.47 bits per heavy atom. The minimum atomic E-state index is 0.461. The quantitative estimate of drug-likeness (QED) is 0.301. The van der Waals surface area contributed by atoms with E-state index in [0.717, 1.165) is 37.0 Å². The third-order valence-electron chi connectivity index (χ3n) is 6.39. The second kappa shape index (κ2) is 12.1. The summed E-state index contributed by atoms with van der Waals surface area (Å²) < 4.78 is 6.01. The molecule has 0 bridgehead atoms. The first-order chi connectivity index (χ1) is 16.6. The molecule has 3 nitrogen and oxygen atoms in total. The van der Waals surface area contributed by atoms with Crippen molar-refractivity contribution >= 4 is 17.3 Å². The molecule has 0 aliphatic carbocycles. The van der Waals surface area contributed by atoms with Gasteiger partial charge in [-0.15, -0.1) is 0 Å². The number of hydrogen-bond acceptors (Lipinski definition) is 3. The van der Waals surface area contributed by atoms with Crippen LogP contribution in [0.4, 0.5) is 5.69 Å². The summed E-state index contributed by atoms with van der Waals surface area (Å²) in [6.45, 7) is 8.89. The average Bonchev–Trinajstić information content (AvgIpc) is 2.86. The van der Waals surface area contributed by atoms with Crippen LogP contribution in [0.15, 0.2) is 90.5 Å². The lowest BCUT2D eigenvalue weighted by molar-refractivity contribution is 0.197. The van der Waals surface area contributed by atoms with Crippen LogP contribution in [0, 0.1) is 0 Å². The van der Waals surface area contributed by atoms with Crippen molar-refractivity contribution in [2.24, 2.45) is 0 Å². The van der Waals surface area contributed by atoms with E-state index in [1.165, 1.54) is 35.2 Å². The van der Waals surface area contributed by atoms with E-state index in [0.29, 0.717) is 12.6 Å². The largest absolute Gasteiger partial charge is 0.489 e. The standard InChI is InChI=1S/C30H35ClN2O/c1-24(2)18-20-33(27-14-16-29(17-15-27)34-23-25-9-4-3-5-10-25)28-12-8-19-32(22-28)21-26-11-6-7-13-30(26)31/h3-7,9-11,13-18,28H,8,12,19-23H2,1-2H3. The van der Waals surface area contributed by atoms with Gasteiger partial charge in [-0.1, -0.05) is 71.8 Å². The van der Waals surface area contributed by atoms with Gasteiger partial charge in [0.2, 0.25) is 0 Å². The zero-order chi connectivity index (χ0) is 23.8. The Bertz CT molecular complexity index is 1060. The van der Waals surface area contributed by atoms with Gasteiger partial charge in [0.05, 0.1) is 0 Å². The van der Waals surface area contributed by atoms with Crippen molar-refractivity contribution in [1.82, 2.24) is 4.90 Å². The number of piperidine rings is 1. The molecule has 1 saturated heterocycles. The molecule has 0 saturated carbocycles. The van der Waals surface area contributed by atoms with E-state index >= 15 is 0 Å². The van der Waals surface area contributed by atoms with Gasteiger partial charge in [-0.2, -0.15) is 0 Å². The van der Waals surface area contributed by atoms with E-state index in [9.17, 15) is 0 Å². The normalized spacial score (nSPS) is 16.1. The molecule has 178 valence electrons. The Balaban J connectivity index is 1.45. The maximum atomic E-state index is 6.45. The van der Waals surface area contributed by atoms with Crippen LogP contribution in [-0.4, -0.2) is 30.6 Å². The summed E-state index contributed by atoms with van der Waals surface area (Å²) in [5.41, 5.74) is 4.98. The number of allylic oxidation sites excluding steroid dienone is 1. The van der Waals surface area contributed by atoms with Crippen molar-refractivity contribution in [3.05, 3.63) is 107 Å². The van der Waals surface area contributed by atoms with Crippen molar-refractivity contribution in [3.8, 4) is 5.75 Å². The van der Waals surface area contributed by atoms with Gasteiger partial charge in [0.1, 0.15) is 12.4 Å². The van der Waals surface area contributed by atoms with Crippen LogP contribution in [0.3, 0.4) is 0 Å². The van der Waals surface area contributed by atoms with Crippen molar-refractivity contribution in [1.29, 1.82) is 0 Å². The Kier molecular flexibility index (Phi) is 8.67. The van der Waals surface area contributed by atoms with Gasteiger partial charge < -0.3 is 9.64 Å². The van der Waals surface area contributed by atoms with Crippen LogP contribution in [0.1, 0.15) is 37.8 Å². The van der Waals surface area contributed by atoms with E-state index in [4.69, 9.17) is 16.3 Å². The van der Waals surface area contributed by atoms with Crippen LogP contribution in [-0.2, 0) is 13.2 Å². The summed E-state index contributed by atoms with van der Waals surface area (Å²) in [4.78, 5) is 5.09. The molecule has 1 fully saturated rings. The number of halogens is 1.